The van der Waals surface area contributed by atoms with E-state index in [2.05, 4.69) is 5.32 Å². The summed E-state index contributed by atoms with van der Waals surface area (Å²) in [7, 11) is 0. The molecule has 0 aromatic carbocycles. The number of carboxylic acid groups (broad SMARTS) is 1. The number of aliphatic carboxylic acids is 1. The minimum absolute atomic E-state index is 0.0243. The van der Waals surface area contributed by atoms with Crippen molar-refractivity contribution in [3.8, 4) is 0 Å². The first kappa shape index (κ1) is 19.3. The van der Waals surface area contributed by atoms with Crippen molar-refractivity contribution in [2.75, 3.05) is 0 Å². The van der Waals surface area contributed by atoms with Crippen LogP contribution < -0.4 is 5.32 Å². The number of thioether (sulfide) groups is 1. The number of aliphatic hydroxyl groups is 1. The maximum Gasteiger partial charge on any atom is 0.353 e. The molecule has 2 heterocycles. The van der Waals surface area contributed by atoms with Crippen molar-refractivity contribution >= 4 is 23.6 Å². The molecule has 0 spiro atoms. The van der Waals surface area contributed by atoms with E-state index in [9.17, 15) is 19.8 Å². The number of amides is 1. The van der Waals surface area contributed by atoms with Gasteiger partial charge in [0.2, 0.25) is 5.91 Å². The van der Waals surface area contributed by atoms with Crippen LogP contribution in [0.15, 0.2) is 10.6 Å². The predicted molar refractivity (Wildman–Crippen MR) is 104 cm³/mol. The molecule has 1 saturated heterocycles. The van der Waals surface area contributed by atoms with Gasteiger partial charge in [0.1, 0.15) is 5.70 Å². The summed E-state index contributed by atoms with van der Waals surface area (Å²) in [5, 5.41) is 23.8. The molecule has 27 heavy (non-hydrogen) atoms. The third-order valence-corrected chi connectivity index (χ3v) is 8.31. The zero-order valence-electron chi connectivity index (χ0n) is 16.1. The van der Waals surface area contributed by atoms with Crippen molar-refractivity contribution < 1.29 is 19.8 Å². The van der Waals surface area contributed by atoms with Crippen LogP contribution in [0.3, 0.4) is 0 Å². The summed E-state index contributed by atoms with van der Waals surface area (Å²) in [6.45, 7) is 3.61. The van der Waals surface area contributed by atoms with E-state index < -0.39 is 18.0 Å². The van der Waals surface area contributed by atoms with Crippen molar-refractivity contribution in [2.24, 2.45) is 11.8 Å². The molecule has 0 unspecified atom stereocenters. The Labute approximate surface area is 164 Å². The van der Waals surface area contributed by atoms with Gasteiger partial charge in [-0.1, -0.05) is 26.2 Å². The lowest BCUT2D eigenvalue weighted by Crippen LogP contribution is -2.63. The van der Waals surface area contributed by atoms with Crippen molar-refractivity contribution in [1.29, 1.82) is 0 Å². The highest BCUT2D eigenvalue weighted by atomic mass is 32.2. The maximum absolute atomic E-state index is 12.4. The number of nitrogens with one attached hydrogen (secondary N) is 1. The van der Waals surface area contributed by atoms with Crippen molar-refractivity contribution in [1.82, 2.24) is 10.2 Å². The summed E-state index contributed by atoms with van der Waals surface area (Å²) in [6, 6.07) is 0.989. The largest absolute Gasteiger partial charge is 0.477 e. The van der Waals surface area contributed by atoms with Crippen LogP contribution in [0.25, 0.3) is 0 Å². The Morgan fingerprint density at radius 3 is 2.48 bits per heavy atom. The molecule has 3 N–H and O–H groups in total. The topological polar surface area (TPSA) is 89.9 Å². The molecule has 4 aliphatic rings. The van der Waals surface area contributed by atoms with Crippen LogP contribution in [0.4, 0.5) is 0 Å². The number of nitrogens with zero attached hydrogens (tertiary/aromatic N) is 1. The second kappa shape index (κ2) is 7.41. The summed E-state index contributed by atoms with van der Waals surface area (Å²) in [5.74, 6) is -1.78. The fourth-order valence-corrected chi connectivity index (χ4v) is 6.93. The van der Waals surface area contributed by atoms with Crippen molar-refractivity contribution in [2.45, 2.75) is 88.3 Å². The van der Waals surface area contributed by atoms with Gasteiger partial charge in [-0.3, -0.25) is 4.79 Å². The monoisotopic (exact) mass is 394 g/mol. The number of carboxylic acids is 1. The summed E-state index contributed by atoms with van der Waals surface area (Å²) in [4.78, 5) is 26.5. The summed E-state index contributed by atoms with van der Waals surface area (Å²) >= 11 is 1.65. The molecule has 4 atom stereocenters. The smallest absolute Gasteiger partial charge is 0.353 e. The van der Waals surface area contributed by atoms with E-state index >= 15 is 0 Å². The van der Waals surface area contributed by atoms with Crippen LogP contribution in [0.2, 0.25) is 0 Å². The molecule has 3 fully saturated rings. The SMILES string of the molecule is C[C@@H](O)[C@H]1C(=O)N2C(C(=O)O)=C(S[C@H]3C[C@H](NC4CCCCC4)C3)[C@H](C)[C@H]12. The first-order valence-electron chi connectivity index (χ1n) is 10.3. The number of hydrogen-bond donors (Lipinski definition) is 3. The molecular weight excluding hydrogens is 364 g/mol. The van der Waals surface area contributed by atoms with E-state index in [4.69, 9.17) is 0 Å². The van der Waals surface area contributed by atoms with Gasteiger partial charge in [0.15, 0.2) is 0 Å². The minimum Gasteiger partial charge on any atom is -0.477 e. The average molecular weight is 395 g/mol. The molecule has 150 valence electrons. The van der Waals surface area contributed by atoms with Gasteiger partial charge >= 0.3 is 5.97 Å². The van der Waals surface area contributed by atoms with E-state index in [1.165, 1.54) is 37.0 Å². The lowest BCUT2D eigenvalue weighted by molar-refractivity contribution is -0.163. The van der Waals surface area contributed by atoms with Gasteiger partial charge in [0.05, 0.1) is 18.1 Å². The van der Waals surface area contributed by atoms with E-state index in [0.717, 1.165) is 17.7 Å². The second-order valence-electron chi connectivity index (χ2n) is 8.68. The van der Waals surface area contributed by atoms with Crippen molar-refractivity contribution in [3.63, 3.8) is 0 Å². The van der Waals surface area contributed by atoms with Gasteiger partial charge in [0, 0.05) is 28.2 Å². The molecule has 0 aromatic rings. The molecule has 2 saturated carbocycles. The highest BCUT2D eigenvalue weighted by Gasteiger charge is 2.60. The standard InChI is InChI=1S/C20H30N2O4S/c1-10-16-15(11(2)23)19(24)22(16)17(20(25)26)18(10)27-14-8-13(9-14)21-12-6-4-3-5-7-12/h10-16,21,23H,3-9H2,1-2H3,(H,25,26)/t10-,11-,13-,14-,15-,16-/m1/s1. The van der Waals surface area contributed by atoms with Crippen LogP contribution in [0.1, 0.15) is 58.8 Å². The fraction of sp³-hybridized carbons (Fsp3) is 0.800. The van der Waals surface area contributed by atoms with Gasteiger partial charge < -0.3 is 20.4 Å². The highest BCUT2D eigenvalue weighted by molar-refractivity contribution is 8.03. The van der Waals surface area contributed by atoms with Gasteiger partial charge in [-0.2, -0.15) is 0 Å². The summed E-state index contributed by atoms with van der Waals surface area (Å²) in [5.41, 5.74) is 0.156. The lowest BCUT2D eigenvalue weighted by Gasteiger charge is -2.46. The summed E-state index contributed by atoms with van der Waals surface area (Å²) < 4.78 is 0. The molecule has 0 bridgehead atoms. The molecule has 1 amide bonds. The molecule has 4 rings (SSSR count). The van der Waals surface area contributed by atoms with Crippen LogP contribution in [-0.4, -0.2) is 56.5 Å². The number of carbonyl (C=O) groups is 2. The third-order valence-electron chi connectivity index (χ3n) is 6.78. The Hall–Kier alpha value is -1.05. The lowest BCUT2D eigenvalue weighted by atomic mass is 9.79. The molecule has 0 aromatic heterocycles. The maximum atomic E-state index is 12.4. The number of carbonyl (C=O) groups excluding carboxylic acids is 1. The third kappa shape index (κ3) is 3.32. The first-order valence-corrected chi connectivity index (χ1v) is 11.2. The minimum atomic E-state index is -1.03. The molecule has 2 aliphatic heterocycles. The van der Waals surface area contributed by atoms with E-state index in [-0.39, 0.29) is 23.6 Å². The van der Waals surface area contributed by atoms with Crippen LogP contribution >= 0.6 is 11.8 Å². The van der Waals surface area contributed by atoms with Crippen LogP contribution in [0, 0.1) is 11.8 Å². The molecule has 0 radical (unpaired) electrons. The van der Waals surface area contributed by atoms with Crippen LogP contribution in [-0.2, 0) is 9.59 Å². The number of β-lactam (4-membered cyclic amide) rings is 1. The van der Waals surface area contributed by atoms with E-state index in [1.54, 1.807) is 18.7 Å². The average Bonchev–Trinajstić information content (AvgIpc) is 2.83. The Kier molecular flexibility index (Phi) is 5.29. The second-order valence-corrected chi connectivity index (χ2v) is 10.0. The highest BCUT2D eigenvalue weighted by Crippen LogP contribution is 2.53. The quantitative estimate of drug-likeness (QED) is 0.599. The fourth-order valence-electron chi connectivity index (χ4n) is 5.26. The Bertz CT molecular complexity index is 652. The zero-order valence-corrected chi connectivity index (χ0v) is 16.9. The zero-order chi connectivity index (χ0) is 19.3. The molecule has 7 heteroatoms. The van der Waals surface area contributed by atoms with Gasteiger partial charge in [-0.25, -0.2) is 4.79 Å². The molecule has 6 nitrogen and oxygen atoms in total. The summed E-state index contributed by atoms with van der Waals surface area (Å²) in [6.07, 6.45) is 7.93. The van der Waals surface area contributed by atoms with Gasteiger partial charge in [0.25, 0.3) is 0 Å². The molecular formula is C20H30N2O4S. The number of aliphatic hydroxyl groups excluding tert-OH is 1. The number of rotatable bonds is 6. The van der Waals surface area contributed by atoms with E-state index in [1.807, 2.05) is 6.92 Å². The van der Waals surface area contributed by atoms with Crippen LogP contribution in [0.5, 0.6) is 0 Å². The Balaban J connectivity index is 1.38. The predicted octanol–water partition coefficient (Wildman–Crippen LogP) is 2.33. The van der Waals surface area contributed by atoms with Gasteiger partial charge in [-0.15, -0.1) is 11.8 Å². The van der Waals surface area contributed by atoms with Crippen molar-refractivity contribution in [3.05, 3.63) is 10.6 Å². The number of fused-ring (bicyclic) bond motifs is 1. The molecule has 2 aliphatic carbocycles. The Morgan fingerprint density at radius 1 is 1.22 bits per heavy atom. The number of hydrogen-bond acceptors (Lipinski definition) is 5. The first-order chi connectivity index (χ1) is 12.9. The van der Waals surface area contributed by atoms with E-state index in [0.29, 0.717) is 17.3 Å². The van der Waals surface area contributed by atoms with Gasteiger partial charge in [-0.05, 0) is 32.6 Å². The normalized spacial score (nSPS) is 37.7. The Morgan fingerprint density at radius 2 is 1.89 bits per heavy atom.